The molecule has 1 heterocycles. The van der Waals surface area contributed by atoms with E-state index in [4.69, 9.17) is 0 Å². The summed E-state index contributed by atoms with van der Waals surface area (Å²) in [4.78, 5) is 14.9. The van der Waals surface area contributed by atoms with Crippen molar-refractivity contribution in [2.75, 3.05) is 6.54 Å². The third-order valence-corrected chi connectivity index (χ3v) is 4.94. The third kappa shape index (κ3) is 5.84. The number of amides is 1. The highest BCUT2D eigenvalue weighted by Crippen LogP contribution is 2.26. The van der Waals surface area contributed by atoms with Crippen LogP contribution in [-0.4, -0.2) is 23.4 Å². The van der Waals surface area contributed by atoms with E-state index in [9.17, 15) is 4.79 Å². The van der Waals surface area contributed by atoms with Crippen LogP contribution in [0.2, 0.25) is 0 Å². The lowest BCUT2D eigenvalue weighted by Gasteiger charge is -2.34. The number of allylic oxidation sites excluding steroid dienone is 1. The molecule has 0 aromatic carbocycles. The van der Waals surface area contributed by atoms with Gasteiger partial charge in [-0.05, 0) is 51.9 Å². The minimum absolute atomic E-state index is 0.391. The van der Waals surface area contributed by atoms with Gasteiger partial charge in [-0.25, -0.2) is 0 Å². The summed E-state index contributed by atoms with van der Waals surface area (Å²) in [5.41, 5.74) is 3.06. The Labute approximate surface area is 132 Å². The monoisotopic (exact) mass is 293 g/mol. The Morgan fingerprint density at radius 1 is 1.10 bits per heavy atom. The highest BCUT2D eigenvalue weighted by atomic mass is 16.2. The molecule has 0 aliphatic carbocycles. The Hall–Kier alpha value is -0.790. The Kier molecular flexibility index (Phi) is 8.06. The first-order valence-corrected chi connectivity index (χ1v) is 8.94. The van der Waals surface area contributed by atoms with Gasteiger partial charge in [0.05, 0.1) is 0 Å². The van der Waals surface area contributed by atoms with Crippen LogP contribution in [0.25, 0.3) is 0 Å². The third-order valence-electron chi connectivity index (χ3n) is 4.94. The Morgan fingerprint density at radius 2 is 1.81 bits per heavy atom. The van der Waals surface area contributed by atoms with Crippen LogP contribution in [0.5, 0.6) is 0 Å². The van der Waals surface area contributed by atoms with Crippen LogP contribution in [0.15, 0.2) is 11.1 Å². The normalized spacial score (nSPS) is 28.8. The van der Waals surface area contributed by atoms with E-state index in [0.29, 0.717) is 17.9 Å². The molecule has 122 valence electrons. The van der Waals surface area contributed by atoms with E-state index in [0.717, 1.165) is 57.9 Å². The fraction of sp³-hybridized carbons (Fsp3) is 0.842. The molecule has 0 saturated heterocycles. The lowest BCUT2D eigenvalue weighted by molar-refractivity contribution is -0.134. The molecule has 1 aliphatic heterocycles. The molecule has 0 aromatic heterocycles. The van der Waals surface area contributed by atoms with Crippen molar-refractivity contribution < 1.29 is 4.79 Å². The van der Waals surface area contributed by atoms with Crippen LogP contribution in [-0.2, 0) is 4.79 Å². The zero-order chi connectivity index (χ0) is 15.8. The number of hydrogen-bond donors (Lipinski definition) is 0. The van der Waals surface area contributed by atoms with E-state index in [2.05, 4.69) is 39.5 Å². The highest BCUT2D eigenvalue weighted by Gasteiger charge is 2.25. The molecule has 0 saturated carbocycles. The Balaban J connectivity index is 2.99. The average molecular weight is 293 g/mol. The van der Waals surface area contributed by atoms with Gasteiger partial charge in [-0.2, -0.15) is 0 Å². The van der Waals surface area contributed by atoms with Gasteiger partial charge in [-0.15, -0.1) is 0 Å². The first-order chi connectivity index (χ1) is 9.99. The summed E-state index contributed by atoms with van der Waals surface area (Å²) < 4.78 is 0. The molecule has 1 rings (SSSR count). The summed E-state index contributed by atoms with van der Waals surface area (Å²) in [6.45, 7) is 12.2. The fourth-order valence-corrected chi connectivity index (χ4v) is 3.26. The predicted molar refractivity (Wildman–Crippen MR) is 91.3 cm³/mol. The lowest BCUT2D eigenvalue weighted by atomic mass is 9.90. The summed E-state index contributed by atoms with van der Waals surface area (Å²) in [5, 5.41) is 0. The average Bonchev–Trinajstić information content (AvgIpc) is 2.44. The van der Waals surface area contributed by atoms with Crippen molar-refractivity contribution >= 4 is 5.91 Å². The minimum Gasteiger partial charge on any atom is -0.339 e. The van der Waals surface area contributed by atoms with Crippen molar-refractivity contribution in [3.63, 3.8) is 0 Å². The number of unbranched alkanes of at least 4 members (excludes halogenated alkanes) is 1. The number of hydrogen-bond acceptors (Lipinski definition) is 1. The number of rotatable bonds is 5. The molecule has 0 N–H and O–H groups in total. The Morgan fingerprint density at radius 3 is 2.43 bits per heavy atom. The molecule has 0 radical (unpaired) electrons. The van der Waals surface area contributed by atoms with Crippen molar-refractivity contribution in [1.29, 1.82) is 0 Å². The maximum Gasteiger partial charge on any atom is 0.223 e. The SMILES string of the molecule is CCCCN1C(=O)C[C@@H](C)CC/C(C)=C(\C)CC1CCC. The maximum absolute atomic E-state index is 12.7. The fourth-order valence-electron chi connectivity index (χ4n) is 3.26. The van der Waals surface area contributed by atoms with Gasteiger partial charge in [0.2, 0.25) is 5.91 Å². The van der Waals surface area contributed by atoms with E-state index in [1.165, 1.54) is 5.57 Å². The molecule has 2 heteroatoms. The topological polar surface area (TPSA) is 20.3 Å². The van der Waals surface area contributed by atoms with Crippen LogP contribution in [0.1, 0.15) is 86.0 Å². The van der Waals surface area contributed by atoms with E-state index in [-0.39, 0.29) is 0 Å². The number of nitrogens with zero attached hydrogens (tertiary/aromatic N) is 1. The summed E-state index contributed by atoms with van der Waals surface area (Å²) in [6.07, 6.45) is 8.69. The van der Waals surface area contributed by atoms with Crippen molar-refractivity contribution in [1.82, 2.24) is 4.90 Å². The van der Waals surface area contributed by atoms with Crippen molar-refractivity contribution in [3.05, 3.63) is 11.1 Å². The van der Waals surface area contributed by atoms with Crippen molar-refractivity contribution in [2.24, 2.45) is 5.92 Å². The van der Waals surface area contributed by atoms with Crippen LogP contribution in [0.4, 0.5) is 0 Å². The smallest absolute Gasteiger partial charge is 0.223 e. The Bertz CT molecular complexity index is 359. The van der Waals surface area contributed by atoms with E-state index in [1.807, 2.05) is 0 Å². The first kappa shape index (κ1) is 18.3. The molecule has 0 aromatic rings. The molecule has 1 aliphatic rings. The largest absolute Gasteiger partial charge is 0.339 e. The van der Waals surface area contributed by atoms with E-state index >= 15 is 0 Å². The van der Waals surface area contributed by atoms with E-state index < -0.39 is 0 Å². The predicted octanol–water partition coefficient (Wildman–Crippen LogP) is 5.33. The van der Waals surface area contributed by atoms with Crippen LogP contribution in [0.3, 0.4) is 0 Å². The second-order valence-electron chi connectivity index (χ2n) is 7.00. The zero-order valence-electron chi connectivity index (χ0n) is 14.9. The standard InChI is InChI=1S/C19H35NO/c1-6-8-12-20-18(9-7-2)14-17(5)16(4)11-10-15(3)13-19(20)21/h15,18H,6-14H2,1-5H3/b17-16+/t15-,18?/m0/s1. The maximum atomic E-state index is 12.7. The van der Waals surface area contributed by atoms with Gasteiger partial charge >= 0.3 is 0 Å². The van der Waals surface area contributed by atoms with Gasteiger partial charge in [0, 0.05) is 19.0 Å². The van der Waals surface area contributed by atoms with E-state index in [1.54, 1.807) is 5.57 Å². The second kappa shape index (κ2) is 9.27. The van der Waals surface area contributed by atoms with Crippen LogP contribution >= 0.6 is 0 Å². The summed E-state index contributed by atoms with van der Waals surface area (Å²) in [6, 6.07) is 0.411. The molecule has 0 spiro atoms. The molecule has 1 unspecified atom stereocenters. The molecular formula is C19H35NO. The molecule has 1 amide bonds. The van der Waals surface area contributed by atoms with Crippen molar-refractivity contribution in [2.45, 2.75) is 92.0 Å². The zero-order valence-corrected chi connectivity index (χ0v) is 14.9. The number of carbonyl (C=O) groups is 1. The summed E-state index contributed by atoms with van der Waals surface area (Å²) >= 11 is 0. The summed E-state index contributed by atoms with van der Waals surface area (Å²) in [7, 11) is 0. The highest BCUT2D eigenvalue weighted by molar-refractivity contribution is 5.76. The quantitative estimate of drug-likeness (QED) is 0.627. The number of carbonyl (C=O) groups excluding carboxylic acids is 1. The van der Waals surface area contributed by atoms with Gasteiger partial charge in [0.15, 0.2) is 0 Å². The molecular weight excluding hydrogens is 258 g/mol. The minimum atomic E-state index is 0.391. The molecule has 2 nitrogen and oxygen atoms in total. The molecule has 0 bridgehead atoms. The van der Waals surface area contributed by atoms with Gasteiger partial charge < -0.3 is 4.90 Å². The van der Waals surface area contributed by atoms with Crippen LogP contribution < -0.4 is 0 Å². The first-order valence-electron chi connectivity index (χ1n) is 8.94. The lowest BCUT2D eigenvalue weighted by Crippen LogP contribution is -2.42. The van der Waals surface area contributed by atoms with Gasteiger partial charge in [-0.1, -0.05) is 44.8 Å². The van der Waals surface area contributed by atoms with Gasteiger partial charge in [0.25, 0.3) is 0 Å². The molecule has 2 atom stereocenters. The van der Waals surface area contributed by atoms with Gasteiger partial charge in [-0.3, -0.25) is 4.79 Å². The van der Waals surface area contributed by atoms with Gasteiger partial charge in [0.1, 0.15) is 0 Å². The second-order valence-corrected chi connectivity index (χ2v) is 7.00. The molecule has 0 fully saturated rings. The van der Waals surface area contributed by atoms with Crippen LogP contribution in [0, 0.1) is 5.92 Å². The molecule has 21 heavy (non-hydrogen) atoms. The van der Waals surface area contributed by atoms with Crippen molar-refractivity contribution in [3.8, 4) is 0 Å². The summed E-state index contributed by atoms with van der Waals surface area (Å²) in [5.74, 6) is 0.895.